The van der Waals surface area contributed by atoms with Crippen molar-refractivity contribution in [3.05, 3.63) is 51.3 Å². The van der Waals surface area contributed by atoms with Gasteiger partial charge in [-0.2, -0.15) is 5.10 Å². The van der Waals surface area contributed by atoms with Crippen molar-refractivity contribution in [2.45, 2.75) is 38.6 Å². The van der Waals surface area contributed by atoms with Crippen LogP contribution in [0.25, 0.3) is 11.3 Å². The number of nitrogen functional groups attached to an aromatic ring is 1. The van der Waals surface area contributed by atoms with Crippen LogP contribution in [0.15, 0.2) is 29.1 Å². The van der Waals surface area contributed by atoms with Crippen LogP contribution in [0.4, 0.5) is 0 Å². The fourth-order valence-corrected chi connectivity index (χ4v) is 3.92. The molecule has 1 aliphatic rings. The Hall–Kier alpha value is -3.20. The quantitative estimate of drug-likeness (QED) is 0.353. The molecule has 0 bridgehead atoms. The van der Waals surface area contributed by atoms with Crippen molar-refractivity contribution < 1.29 is 14.3 Å². The van der Waals surface area contributed by atoms with Gasteiger partial charge in [-0.1, -0.05) is 12.1 Å². The van der Waals surface area contributed by atoms with Crippen molar-refractivity contribution >= 4 is 30.1 Å². The molecule has 0 saturated heterocycles. The first kappa shape index (κ1) is 25.1. The second-order valence-corrected chi connectivity index (χ2v) is 7.86. The van der Waals surface area contributed by atoms with E-state index in [4.69, 9.17) is 15.9 Å². The molecule has 4 N–H and O–H groups in total. The zero-order valence-electron chi connectivity index (χ0n) is 18.3. The third-order valence-electron chi connectivity index (χ3n) is 5.72. The van der Waals surface area contributed by atoms with Crippen LogP contribution >= 0.6 is 12.4 Å². The molecule has 2 aromatic rings. The number of hydrogen-bond donors (Lipinski definition) is 3. The van der Waals surface area contributed by atoms with Crippen LogP contribution in [0.1, 0.15) is 47.2 Å². The Morgan fingerprint density at radius 1 is 1.22 bits per heavy atom. The number of halogens is 1. The maximum absolute atomic E-state index is 12.9. The summed E-state index contributed by atoms with van der Waals surface area (Å²) in [5, 5.41) is 14.8. The molecule has 1 fully saturated rings. The van der Waals surface area contributed by atoms with Crippen molar-refractivity contribution in [3.63, 3.8) is 0 Å². The lowest BCUT2D eigenvalue weighted by Crippen LogP contribution is -2.41. The molecular weight excluding hydrogens is 434 g/mol. The van der Waals surface area contributed by atoms with E-state index in [2.05, 4.69) is 10.4 Å². The summed E-state index contributed by atoms with van der Waals surface area (Å²) in [6.07, 6.45) is 2.57. The molecule has 32 heavy (non-hydrogen) atoms. The van der Waals surface area contributed by atoms with E-state index in [1.54, 1.807) is 18.2 Å². The molecule has 1 aliphatic carbocycles. The molecular formula is C22H28ClN5O4. The van der Waals surface area contributed by atoms with Gasteiger partial charge in [0.05, 0.1) is 18.7 Å². The van der Waals surface area contributed by atoms with E-state index >= 15 is 0 Å². The minimum absolute atomic E-state index is 0. The number of esters is 1. The number of methoxy groups -OCH3 is 1. The minimum atomic E-state index is -0.484. The molecule has 0 aliphatic heterocycles. The normalized spacial score (nSPS) is 17.7. The highest BCUT2D eigenvalue weighted by molar-refractivity contribution is 5.96. The highest BCUT2D eigenvalue weighted by atomic mass is 35.5. The van der Waals surface area contributed by atoms with Gasteiger partial charge in [-0.05, 0) is 50.3 Å². The number of carbonyl (C=O) groups excluding carboxylic acids is 2. The molecule has 0 atom stereocenters. The molecule has 172 valence electrons. The van der Waals surface area contributed by atoms with Crippen molar-refractivity contribution in [2.75, 3.05) is 7.11 Å². The van der Waals surface area contributed by atoms with Gasteiger partial charge in [-0.25, -0.2) is 4.68 Å². The number of amidine groups is 1. The highest BCUT2D eigenvalue weighted by Gasteiger charge is 2.28. The zero-order valence-corrected chi connectivity index (χ0v) is 19.1. The van der Waals surface area contributed by atoms with E-state index in [0.29, 0.717) is 36.9 Å². The summed E-state index contributed by atoms with van der Waals surface area (Å²) in [4.78, 5) is 37.1. The van der Waals surface area contributed by atoms with Gasteiger partial charge in [0, 0.05) is 24.2 Å². The number of nitrogens with two attached hydrogens (primary N) is 1. The van der Waals surface area contributed by atoms with Crippen LogP contribution in [-0.4, -0.2) is 40.6 Å². The fourth-order valence-electron chi connectivity index (χ4n) is 3.92. The van der Waals surface area contributed by atoms with Gasteiger partial charge >= 0.3 is 5.97 Å². The van der Waals surface area contributed by atoms with E-state index < -0.39 is 11.5 Å². The molecule has 9 nitrogen and oxygen atoms in total. The van der Waals surface area contributed by atoms with Crippen LogP contribution in [0.3, 0.4) is 0 Å². The topological polar surface area (TPSA) is 140 Å². The first-order valence-corrected chi connectivity index (χ1v) is 10.1. The van der Waals surface area contributed by atoms with Crippen molar-refractivity contribution in [1.29, 1.82) is 5.41 Å². The Kier molecular flexibility index (Phi) is 8.15. The SMILES string of the molecule is COC(=O)[C@H]1CC[C@H](NC(=O)c2cc(-c3ccc(C(=N)N)cc3C)nn(C)c2=O)CC1.Cl. The minimum Gasteiger partial charge on any atom is -0.469 e. The Labute approximate surface area is 192 Å². The summed E-state index contributed by atoms with van der Waals surface area (Å²) < 4.78 is 5.94. The monoisotopic (exact) mass is 461 g/mol. The summed E-state index contributed by atoms with van der Waals surface area (Å²) in [7, 11) is 2.88. The van der Waals surface area contributed by atoms with Crippen LogP contribution in [0, 0.1) is 18.3 Å². The first-order chi connectivity index (χ1) is 14.7. The second-order valence-electron chi connectivity index (χ2n) is 7.86. The lowest BCUT2D eigenvalue weighted by atomic mass is 9.86. The second kappa shape index (κ2) is 10.4. The molecule has 1 aromatic carbocycles. The number of nitrogens with zero attached hydrogens (tertiary/aromatic N) is 2. The third-order valence-corrected chi connectivity index (χ3v) is 5.72. The molecule has 1 aromatic heterocycles. The molecule has 0 radical (unpaired) electrons. The lowest BCUT2D eigenvalue weighted by molar-refractivity contribution is -0.146. The average molecular weight is 462 g/mol. The molecule has 0 unspecified atom stereocenters. The van der Waals surface area contributed by atoms with Gasteiger partial charge in [0.25, 0.3) is 11.5 Å². The van der Waals surface area contributed by atoms with Gasteiger partial charge in [-0.15, -0.1) is 12.4 Å². The molecule has 1 heterocycles. The molecule has 0 spiro atoms. The number of aryl methyl sites for hydroxylation is 2. The first-order valence-electron chi connectivity index (χ1n) is 10.1. The molecule has 10 heteroatoms. The summed E-state index contributed by atoms with van der Waals surface area (Å²) >= 11 is 0. The fraction of sp³-hybridized carbons (Fsp3) is 0.409. The summed E-state index contributed by atoms with van der Waals surface area (Å²) in [6.45, 7) is 1.86. The van der Waals surface area contributed by atoms with Gasteiger partial charge in [-0.3, -0.25) is 19.8 Å². The predicted octanol–water partition coefficient (Wildman–Crippen LogP) is 1.92. The summed E-state index contributed by atoms with van der Waals surface area (Å²) in [6, 6.07) is 6.63. The van der Waals surface area contributed by atoms with E-state index in [0.717, 1.165) is 15.8 Å². The maximum Gasteiger partial charge on any atom is 0.308 e. The Morgan fingerprint density at radius 2 is 1.88 bits per heavy atom. The van der Waals surface area contributed by atoms with Crippen molar-refractivity contribution in [1.82, 2.24) is 15.1 Å². The smallest absolute Gasteiger partial charge is 0.308 e. The Balaban J connectivity index is 0.00000363. The van der Waals surface area contributed by atoms with Crippen LogP contribution < -0.4 is 16.6 Å². The largest absolute Gasteiger partial charge is 0.469 e. The van der Waals surface area contributed by atoms with Crippen molar-refractivity contribution in [3.8, 4) is 11.3 Å². The summed E-state index contributed by atoms with van der Waals surface area (Å²) in [5.74, 6) is -0.850. The number of hydrogen-bond acceptors (Lipinski definition) is 6. The maximum atomic E-state index is 12.9. The van der Waals surface area contributed by atoms with E-state index in [9.17, 15) is 14.4 Å². The van der Waals surface area contributed by atoms with Gasteiger partial charge < -0.3 is 15.8 Å². The number of carbonyl (C=O) groups is 2. The van der Waals surface area contributed by atoms with E-state index in [-0.39, 0.29) is 41.7 Å². The van der Waals surface area contributed by atoms with Crippen molar-refractivity contribution in [2.24, 2.45) is 18.7 Å². The highest BCUT2D eigenvalue weighted by Crippen LogP contribution is 2.26. The number of amides is 1. The standard InChI is InChI=1S/C22H27N5O4.ClH/c1-12-10-14(19(23)24)6-9-16(12)18-11-17(21(29)27(2)26-18)20(28)25-15-7-4-13(5-8-15)22(30)31-3;/h6,9-11,13,15H,4-5,7-8H2,1-3H3,(H3,23,24)(H,25,28);1H/t13-,15-;. The van der Waals surface area contributed by atoms with Gasteiger partial charge in [0.15, 0.2) is 0 Å². The van der Waals surface area contributed by atoms with Crippen LogP contribution in [0.2, 0.25) is 0 Å². The predicted molar refractivity (Wildman–Crippen MR) is 123 cm³/mol. The molecule has 3 rings (SSSR count). The van der Waals surface area contributed by atoms with Crippen LogP contribution in [0.5, 0.6) is 0 Å². The Morgan fingerprint density at radius 3 is 2.44 bits per heavy atom. The number of rotatable bonds is 5. The zero-order chi connectivity index (χ0) is 22.7. The van der Waals surface area contributed by atoms with Gasteiger partial charge in [0.2, 0.25) is 0 Å². The number of aromatic nitrogens is 2. The number of benzene rings is 1. The summed E-state index contributed by atoms with van der Waals surface area (Å²) in [5.41, 5.74) is 7.71. The van der Waals surface area contributed by atoms with E-state index in [1.165, 1.54) is 20.2 Å². The van der Waals surface area contributed by atoms with E-state index in [1.807, 2.05) is 6.92 Å². The lowest BCUT2D eigenvalue weighted by Gasteiger charge is -2.27. The average Bonchev–Trinajstić information content (AvgIpc) is 2.75. The third kappa shape index (κ3) is 5.34. The molecule has 1 saturated carbocycles. The number of nitrogens with one attached hydrogen (secondary N) is 2. The van der Waals surface area contributed by atoms with Crippen LogP contribution in [-0.2, 0) is 16.6 Å². The van der Waals surface area contributed by atoms with Gasteiger partial charge in [0.1, 0.15) is 11.4 Å². The number of ether oxygens (including phenoxy) is 1. The molecule has 1 amide bonds. The Bertz CT molecular complexity index is 1090.